The summed E-state index contributed by atoms with van der Waals surface area (Å²) in [4.78, 5) is 30.9. The van der Waals surface area contributed by atoms with Crippen LogP contribution in [-0.2, 0) is 32.6 Å². The number of ether oxygens (including phenoxy) is 2. The SMILES string of the molecule is COc1cccc(CN(C(=O)CN(c2ccc(Oc3ccccc3)cc2)S(=O)(=O)c2ccc(C)cc2)[C@H](Cc2ccccc2)C(=O)NC2CCCCC2)c1. The molecule has 54 heavy (non-hydrogen) atoms. The van der Waals surface area contributed by atoms with Crippen molar-refractivity contribution in [1.29, 1.82) is 0 Å². The van der Waals surface area contributed by atoms with Crippen molar-refractivity contribution in [2.75, 3.05) is 18.0 Å². The van der Waals surface area contributed by atoms with Gasteiger partial charge in [-0.15, -0.1) is 0 Å². The molecule has 0 aromatic heterocycles. The van der Waals surface area contributed by atoms with Crippen molar-refractivity contribution in [3.05, 3.63) is 150 Å². The van der Waals surface area contributed by atoms with Gasteiger partial charge in [0, 0.05) is 19.0 Å². The molecule has 6 rings (SSSR count). The highest BCUT2D eigenvalue weighted by molar-refractivity contribution is 7.92. The van der Waals surface area contributed by atoms with Crippen molar-refractivity contribution in [2.45, 2.75) is 69.0 Å². The van der Waals surface area contributed by atoms with Gasteiger partial charge in [-0.25, -0.2) is 8.42 Å². The van der Waals surface area contributed by atoms with Gasteiger partial charge < -0.3 is 19.7 Å². The third-order valence-electron chi connectivity index (χ3n) is 9.70. The minimum atomic E-state index is -4.26. The molecular formula is C44H47N3O6S. The molecule has 1 fully saturated rings. The lowest BCUT2D eigenvalue weighted by atomic mass is 9.94. The summed E-state index contributed by atoms with van der Waals surface area (Å²) in [7, 11) is -2.69. The van der Waals surface area contributed by atoms with Crippen molar-refractivity contribution in [3.8, 4) is 17.2 Å². The number of carbonyl (C=O) groups is 2. The molecule has 10 heteroatoms. The van der Waals surface area contributed by atoms with Gasteiger partial charge in [0.1, 0.15) is 29.8 Å². The van der Waals surface area contributed by atoms with E-state index in [1.54, 1.807) is 55.6 Å². The third-order valence-corrected chi connectivity index (χ3v) is 11.5. The first kappa shape index (κ1) is 38.1. The van der Waals surface area contributed by atoms with Crippen LogP contribution < -0.4 is 19.1 Å². The molecule has 0 radical (unpaired) electrons. The first-order valence-corrected chi connectivity index (χ1v) is 19.8. The highest BCUT2D eigenvalue weighted by Gasteiger charge is 2.35. The van der Waals surface area contributed by atoms with E-state index in [1.165, 1.54) is 4.90 Å². The summed E-state index contributed by atoms with van der Waals surface area (Å²) in [6.45, 7) is 1.37. The summed E-state index contributed by atoms with van der Waals surface area (Å²) < 4.78 is 41.6. The van der Waals surface area contributed by atoms with Crippen LogP contribution in [0.15, 0.2) is 138 Å². The van der Waals surface area contributed by atoms with E-state index in [1.807, 2.05) is 91.9 Å². The summed E-state index contributed by atoms with van der Waals surface area (Å²) >= 11 is 0. The van der Waals surface area contributed by atoms with Crippen LogP contribution in [0, 0.1) is 6.92 Å². The second kappa shape index (κ2) is 17.9. The van der Waals surface area contributed by atoms with Crippen LogP contribution in [0.3, 0.4) is 0 Å². The number of hydrogen-bond acceptors (Lipinski definition) is 6. The topological polar surface area (TPSA) is 105 Å². The first-order valence-electron chi connectivity index (χ1n) is 18.4. The lowest BCUT2D eigenvalue weighted by molar-refractivity contribution is -0.140. The standard InChI is InChI=1S/C44H47N3O6S/c1-33-21-27-41(28-22-33)54(50,51)47(37-23-25-39(26-24-37)53-38-18-10-5-11-19-38)32-43(48)46(31-35-15-12-20-40(29-35)52-2)42(30-34-13-6-3-7-14-34)44(49)45-36-16-8-4-9-17-36/h3,5-7,10-15,18-29,36,42H,4,8-9,16-17,30-32H2,1-2H3,(H,45,49)/t42-/m1/s1. The van der Waals surface area contributed by atoms with Gasteiger partial charge in [0.05, 0.1) is 17.7 Å². The summed E-state index contributed by atoms with van der Waals surface area (Å²) in [6, 6.07) is 38.4. The minimum absolute atomic E-state index is 0.00771. The number of methoxy groups -OCH3 is 1. The number of anilines is 1. The molecule has 1 saturated carbocycles. The molecule has 0 unspecified atom stereocenters. The molecule has 0 aliphatic heterocycles. The molecule has 280 valence electrons. The number of aryl methyl sites for hydroxylation is 1. The van der Waals surface area contributed by atoms with Gasteiger partial charge in [0.25, 0.3) is 10.0 Å². The number of amides is 2. The Morgan fingerprint density at radius 3 is 2.02 bits per heavy atom. The number of para-hydroxylation sites is 1. The normalized spacial score (nSPS) is 13.7. The van der Waals surface area contributed by atoms with E-state index >= 15 is 0 Å². The number of benzene rings is 5. The number of rotatable bonds is 15. The molecule has 1 aliphatic carbocycles. The zero-order valence-electron chi connectivity index (χ0n) is 30.8. The fourth-order valence-electron chi connectivity index (χ4n) is 6.74. The fraction of sp³-hybridized carbons (Fsp3) is 0.273. The molecule has 5 aromatic rings. The highest BCUT2D eigenvalue weighted by Crippen LogP contribution is 2.29. The van der Waals surface area contributed by atoms with Crippen LogP contribution in [-0.4, -0.2) is 50.9 Å². The van der Waals surface area contributed by atoms with E-state index in [0.717, 1.165) is 53.1 Å². The average molecular weight is 746 g/mol. The second-order valence-corrected chi connectivity index (χ2v) is 15.5. The van der Waals surface area contributed by atoms with E-state index in [-0.39, 0.29) is 35.5 Å². The first-order chi connectivity index (χ1) is 26.2. The maximum Gasteiger partial charge on any atom is 0.264 e. The van der Waals surface area contributed by atoms with Crippen LogP contribution in [0.2, 0.25) is 0 Å². The van der Waals surface area contributed by atoms with Crippen LogP contribution in [0.5, 0.6) is 17.2 Å². The van der Waals surface area contributed by atoms with Gasteiger partial charge in [-0.2, -0.15) is 0 Å². The lowest BCUT2D eigenvalue weighted by Gasteiger charge is -2.35. The van der Waals surface area contributed by atoms with Crippen molar-refractivity contribution in [1.82, 2.24) is 10.2 Å². The number of hydrogen-bond donors (Lipinski definition) is 1. The summed E-state index contributed by atoms with van der Waals surface area (Å²) in [5.74, 6) is 0.947. The van der Waals surface area contributed by atoms with E-state index < -0.39 is 28.5 Å². The number of nitrogens with one attached hydrogen (secondary N) is 1. The van der Waals surface area contributed by atoms with Gasteiger partial charge >= 0.3 is 0 Å². The largest absolute Gasteiger partial charge is 0.497 e. The Morgan fingerprint density at radius 2 is 1.35 bits per heavy atom. The third kappa shape index (κ3) is 9.87. The smallest absolute Gasteiger partial charge is 0.264 e. The Hall–Kier alpha value is -5.61. The number of nitrogens with zero attached hydrogens (tertiary/aromatic N) is 2. The zero-order chi connectivity index (χ0) is 37.9. The quantitative estimate of drug-likeness (QED) is 0.116. The van der Waals surface area contributed by atoms with Gasteiger partial charge in [-0.1, -0.05) is 97.6 Å². The summed E-state index contributed by atoms with van der Waals surface area (Å²) in [5, 5.41) is 3.25. The van der Waals surface area contributed by atoms with Crippen LogP contribution in [0.1, 0.15) is 48.8 Å². The number of carbonyl (C=O) groups excluding carboxylic acids is 2. The summed E-state index contributed by atoms with van der Waals surface area (Å²) in [6.07, 6.45) is 5.18. The Bertz CT molecular complexity index is 2090. The van der Waals surface area contributed by atoms with Crippen LogP contribution in [0.25, 0.3) is 0 Å². The van der Waals surface area contributed by atoms with E-state index in [4.69, 9.17) is 9.47 Å². The summed E-state index contributed by atoms with van der Waals surface area (Å²) in [5.41, 5.74) is 2.79. The predicted molar refractivity (Wildman–Crippen MR) is 211 cm³/mol. The molecular weight excluding hydrogens is 699 g/mol. The van der Waals surface area contributed by atoms with E-state index in [9.17, 15) is 18.0 Å². The number of sulfonamides is 1. The van der Waals surface area contributed by atoms with Crippen molar-refractivity contribution in [2.24, 2.45) is 0 Å². The van der Waals surface area contributed by atoms with Crippen molar-refractivity contribution < 1.29 is 27.5 Å². The van der Waals surface area contributed by atoms with Crippen molar-refractivity contribution in [3.63, 3.8) is 0 Å². The lowest BCUT2D eigenvalue weighted by Crippen LogP contribution is -2.55. The van der Waals surface area contributed by atoms with Crippen LogP contribution >= 0.6 is 0 Å². The second-order valence-electron chi connectivity index (χ2n) is 13.7. The molecule has 1 N–H and O–H groups in total. The Morgan fingerprint density at radius 1 is 0.741 bits per heavy atom. The molecule has 0 bridgehead atoms. The molecule has 5 aromatic carbocycles. The Balaban J connectivity index is 1.39. The average Bonchev–Trinajstić information content (AvgIpc) is 3.20. The molecule has 1 atom stereocenters. The Labute approximate surface area is 318 Å². The van der Waals surface area contributed by atoms with E-state index in [2.05, 4.69) is 5.32 Å². The Kier molecular flexibility index (Phi) is 12.7. The minimum Gasteiger partial charge on any atom is -0.497 e. The predicted octanol–water partition coefficient (Wildman–Crippen LogP) is 8.08. The monoisotopic (exact) mass is 745 g/mol. The van der Waals surface area contributed by atoms with Gasteiger partial charge in [0.2, 0.25) is 11.8 Å². The van der Waals surface area contributed by atoms with Crippen molar-refractivity contribution >= 4 is 27.5 Å². The fourth-order valence-corrected chi connectivity index (χ4v) is 8.15. The molecule has 9 nitrogen and oxygen atoms in total. The molecule has 2 amide bonds. The molecule has 0 saturated heterocycles. The van der Waals surface area contributed by atoms with Crippen LogP contribution in [0.4, 0.5) is 5.69 Å². The van der Waals surface area contributed by atoms with Gasteiger partial charge in [0.15, 0.2) is 0 Å². The molecule has 0 spiro atoms. The molecule has 0 heterocycles. The maximum absolute atomic E-state index is 14.9. The maximum atomic E-state index is 14.9. The molecule has 1 aliphatic rings. The van der Waals surface area contributed by atoms with Gasteiger partial charge in [-0.3, -0.25) is 13.9 Å². The van der Waals surface area contributed by atoms with Gasteiger partial charge in [-0.05, 0) is 91.6 Å². The van der Waals surface area contributed by atoms with E-state index in [0.29, 0.717) is 17.2 Å². The highest BCUT2D eigenvalue weighted by atomic mass is 32.2. The zero-order valence-corrected chi connectivity index (χ0v) is 31.6.